The van der Waals surface area contributed by atoms with Crippen molar-refractivity contribution in [3.63, 3.8) is 0 Å². The maximum atomic E-state index is 5.98. The van der Waals surface area contributed by atoms with Crippen LogP contribution in [0.15, 0.2) is 22.7 Å². The minimum absolute atomic E-state index is 0.357. The minimum atomic E-state index is 0.357. The molecular formula is C17H24BrNO2. The third-order valence-corrected chi connectivity index (χ3v) is 5.83. The second kappa shape index (κ2) is 6.17. The molecule has 1 aromatic rings. The molecule has 0 aliphatic heterocycles. The van der Waals surface area contributed by atoms with Crippen LogP contribution in [-0.2, 0) is 4.74 Å². The van der Waals surface area contributed by atoms with E-state index in [9.17, 15) is 0 Å². The topological polar surface area (TPSA) is 30.5 Å². The van der Waals surface area contributed by atoms with Crippen molar-refractivity contribution in [2.45, 2.75) is 51.2 Å². The standard InChI is InChI=1S/C17H24BrNO2/c1-3-21-16-11-15(17(16)8-4-5-9-17)19-12-6-7-13(18)14(10-12)20-2/h6-7,10,15-16,19H,3-5,8-9,11H2,1-2H3. The van der Waals surface area contributed by atoms with Gasteiger partial charge in [0.25, 0.3) is 0 Å². The van der Waals surface area contributed by atoms with Crippen molar-refractivity contribution in [3.8, 4) is 5.75 Å². The molecule has 0 bridgehead atoms. The predicted octanol–water partition coefficient (Wildman–Crippen LogP) is 4.61. The second-order valence-corrected chi connectivity index (χ2v) is 7.02. The molecule has 0 aromatic heterocycles. The molecule has 0 amide bonds. The highest BCUT2D eigenvalue weighted by Gasteiger charge is 2.56. The first kappa shape index (κ1) is 15.2. The van der Waals surface area contributed by atoms with Gasteiger partial charge in [0.15, 0.2) is 0 Å². The zero-order valence-electron chi connectivity index (χ0n) is 12.8. The number of nitrogens with one attached hydrogen (secondary N) is 1. The number of rotatable bonds is 5. The number of hydrogen-bond acceptors (Lipinski definition) is 3. The summed E-state index contributed by atoms with van der Waals surface area (Å²) in [5.74, 6) is 0.876. The predicted molar refractivity (Wildman–Crippen MR) is 89.0 cm³/mol. The summed E-state index contributed by atoms with van der Waals surface area (Å²) in [4.78, 5) is 0. The Labute approximate surface area is 135 Å². The number of methoxy groups -OCH3 is 1. The number of ether oxygens (including phenoxy) is 2. The van der Waals surface area contributed by atoms with E-state index in [-0.39, 0.29) is 0 Å². The van der Waals surface area contributed by atoms with Crippen LogP contribution in [0.4, 0.5) is 5.69 Å². The first-order valence-corrected chi connectivity index (χ1v) is 8.70. The summed E-state index contributed by atoms with van der Waals surface area (Å²) < 4.78 is 12.4. The quantitative estimate of drug-likeness (QED) is 0.838. The van der Waals surface area contributed by atoms with Crippen LogP contribution in [-0.4, -0.2) is 25.9 Å². The highest BCUT2D eigenvalue weighted by molar-refractivity contribution is 9.10. The van der Waals surface area contributed by atoms with Crippen LogP contribution in [0.1, 0.15) is 39.0 Å². The highest BCUT2D eigenvalue weighted by Crippen LogP contribution is 2.55. The number of anilines is 1. The van der Waals surface area contributed by atoms with Crippen LogP contribution in [0.3, 0.4) is 0 Å². The van der Waals surface area contributed by atoms with Crippen molar-refractivity contribution >= 4 is 21.6 Å². The molecule has 0 radical (unpaired) electrons. The molecule has 2 saturated carbocycles. The lowest BCUT2D eigenvalue weighted by Crippen LogP contribution is -2.60. The van der Waals surface area contributed by atoms with Gasteiger partial charge in [-0.3, -0.25) is 0 Å². The first-order valence-electron chi connectivity index (χ1n) is 7.91. The van der Waals surface area contributed by atoms with Crippen LogP contribution in [0, 0.1) is 5.41 Å². The summed E-state index contributed by atoms with van der Waals surface area (Å²) >= 11 is 3.50. The number of benzene rings is 1. The molecule has 2 atom stereocenters. The van der Waals surface area contributed by atoms with Gasteiger partial charge < -0.3 is 14.8 Å². The van der Waals surface area contributed by atoms with Crippen molar-refractivity contribution in [2.24, 2.45) is 5.41 Å². The van der Waals surface area contributed by atoms with Crippen molar-refractivity contribution in [2.75, 3.05) is 19.0 Å². The molecule has 4 heteroatoms. The van der Waals surface area contributed by atoms with Gasteiger partial charge in [-0.05, 0) is 54.2 Å². The first-order chi connectivity index (χ1) is 10.2. The molecule has 1 aromatic carbocycles. The van der Waals surface area contributed by atoms with E-state index < -0.39 is 0 Å². The van der Waals surface area contributed by atoms with E-state index in [2.05, 4.69) is 40.3 Å². The summed E-state index contributed by atoms with van der Waals surface area (Å²) in [5, 5.41) is 3.72. The maximum Gasteiger partial charge on any atom is 0.135 e. The molecule has 3 nitrogen and oxygen atoms in total. The lowest BCUT2D eigenvalue weighted by atomic mass is 9.60. The summed E-state index contributed by atoms with van der Waals surface area (Å²) in [6, 6.07) is 6.76. The normalized spacial score (nSPS) is 26.6. The number of halogens is 1. The smallest absolute Gasteiger partial charge is 0.135 e. The monoisotopic (exact) mass is 353 g/mol. The molecule has 1 spiro atoms. The lowest BCUT2D eigenvalue weighted by molar-refractivity contribution is -0.114. The second-order valence-electron chi connectivity index (χ2n) is 6.17. The zero-order chi connectivity index (χ0) is 14.9. The zero-order valence-corrected chi connectivity index (χ0v) is 14.4. The molecule has 2 aliphatic carbocycles. The molecule has 3 rings (SSSR count). The van der Waals surface area contributed by atoms with E-state index in [0.29, 0.717) is 17.6 Å². The Bertz CT molecular complexity index is 500. The van der Waals surface area contributed by atoms with E-state index >= 15 is 0 Å². The Morgan fingerprint density at radius 3 is 2.76 bits per heavy atom. The molecule has 2 aliphatic rings. The average molecular weight is 354 g/mol. The highest BCUT2D eigenvalue weighted by atomic mass is 79.9. The summed E-state index contributed by atoms with van der Waals surface area (Å²) in [6.07, 6.45) is 6.83. The fourth-order valence-electron chi connectivity index (χ4n) is 4.04. The summed E-state index contributed by atoms with van der Waals surface area (Å²) in [7, 11) is 1.71. The Kier molecular flexibility index (Phi) is 4.46. The van der Waals surface area contributed by atoms with Crippen molar-refractivity contribution in [1.82, 2.24) is 0 Å². The van der Waals surface area contributed by atoms with Crippen molar-refractivity contribution in [1.29, 1.82) is 0 Å². The molecule has 2 unspecified atom stereocenters. The Hall–Kier alpha value is -0.740. The number of hydrogen-bond donors (Lipinski definition) is 1. The van der Waals surface area contributed by atoms with E-state index in [1.807, 2.05) is 6.07 Å². The maximum absolute atomic E-state index is 5.98. The van der Waals surface area contributed by atoms with Gasteiger partial charge in [0, 0.05) is 29.8 Å². The van der Waals surface area contributed by atoms with E-state index in [1.54, 1.807) is 7.11 Å². The van der Waals surface area contributed by atoms with Crippen molar-refractivity contribution in [3.05, 3.63) is 22.7 Å². The largest absolute Gasteiger partial charge is 0.495 e. The lowest BCUT2D eigenvalue weighted by Gasteiger charge is -2.54. The van der Waals surface area contributed by atoms with Gasteiger partial charge in [0.2, 0.25) is 0 Å². The van der Waals surface area contributed by atoms with Crippen LogP contribution >= 0.6 is 15.9 Å². The van der Waals surface area contributed by atoms with E-state index in [0.717, 1.165) is 28.9 Å². The van der Waals surface area contributed by atoms with Crippen LogP contribution in [0.2, 0.25) is 0 Å². The Morgan fingerprint density at radius 2 is 2.10 bits per heavy atom. The minimum Gasteiger partial charge on any atom is -0.495 e. The van der Waals surface area contributed by atoms with Gasteiger partial charge in [-0.1, -0.05) is 12.8 Å². The van der Waals surface area contributed by atoms with Crippen LogP contribution in [0.25, 0.3) is 0 Å². The summed E-state index contributed by atoms with van der Waals surface area (Å²) in [5.41, 5.74) is 1.50. The summed E-state index contributed by atoms with van der Waals surface area (Å²) in [6.45, 7) is 2.92. The molecule has 0 saturated heterocycles. The Balaban J connectivity index is 1.73. The van der Waals surface area contributed by atoms with Gasteiger partial charge in [-0.25, -0.2) is 0 Å². The molecule has 0 heterocycles. The fraction of sp³-hybridized carbons (Fsp3) is 0.647. The van der Waals surface area contributed by atoms with E-state index in [4.69, 9.17) is 9.47 Å². The molecular weight excluding hydrogens is 330 g/mol. The van der Waals surface area contributed by atoms with Gasteiger partial charge >= 0.3 is 0 Å². The SMILES string of the molecule is CCOC1CC(Nc2ccc(Br)c(OC)c2)C12CCCC2. The molecule has 2 fully saturated rings. The molecule has 21 heavy (non-hydrogen) atoms. The molecule has 1 N–H and O–H groups in total. The van der Waals surface area contributed by atoms with Gasteiger partial charge in [-0.15, -0.1) is 0 Å². The average Bonchev–Trinajstić information content (AvgIpc) is 3.00. The molecule has 116 valence electrons. The van der Waals surface area contributed by atoms with Crippen molar-refractivity contribution < 1.29 is 9.47 Å². The fourth-order valence-corrected chi connectivity index (χ4v) is 4.45. The third kappa shape index (κ3) is 2.68. The Morgan fingerprint density at radius 1 is 1.33 bits per heavy atom. The van der Waals surface area contributed by atoms with Gasteiger partial charge in [0.1, 0.15) is 5.75 Å². The van der Waals surface area contributed by atoms with Gasteiger partial charge in [-0.2, -0.15) is 0 Å². The van der Waals surface area contributed by atoms with Crippen LogP contribution < -0.4 is 10.1 Å². The van der Waals surface area contributed by atoms with Gasteiger partial charge in [0.05, 0.1) is 17.7 Å². The van der Waals surface area contributed by atoms with E-state index in [1.165, 1.54) is 25.7 Å². The van der Waals surface area contributed by atoms with Crippen LogP contribution in [0.5, 0.6) is 5.75 Å². The third-order valence-electron chi connectivity index (χ3n) is 5.18.